The first-order chi connectivity index (χ1) is 10.2. The third-order valence-corrected chi connectivity index (χ3v) is 5.04. The molecule has 5 heteroatoms. The van der Waals surface area contributed by atoms with Crippen LogP contribution in [-0.2, 0) is 0 Å². The summed E-state index contributed by atoms with van der Waals surface area (Å²) < 4.78 is 0. The molecule has 1 aliphatic rings. The molecule has 5 nitrogen and oxygen atoms in total. The highest BCUT2D eigenvalue weighted by Crippen LogP contribution is 2.39. The first-order valence-electron chi connectivity index (χ1n) is 8.74. The van der Waals surface area contributed by atoms with Crippen LogP contribution in [0, 0.1) is 11.3 Å². The molecular weight excluding hydrogens is 290 g/mol. The van der Waals surface area contributed by atoms with E-state index in [2.05, 4.69) is 45.3 Å². The van der Waals surface area contributed by atoms with Crippen LogP contribution in [0.5, 0.6) is 0 Å². The van der Waals surface area contributed by atoms with Gasteiger partial charge in [-0.3, -0.25) is 0 Å². The molecule has 0 saturated carbocycles. The van der Waals surface area contributed by atoms with E-state index in [9.17, 15) is 10.0 Å². The van der Waals surface area contributed by atoms with Gasteiger partial charge in [0.05, 0.1) is 11.6 Å². The molecule has 1 aliphatic heterocycles. The molecule has 0 aromatic heterocycles. The van der Waals surface area contributed by atoms with E-state index in [1.807, 2.05) is 27.7 Å². The second-order valence-corrected chi connectivity index (χ2v) is 9.70. The lowest BCUT2D eigenvalue weighted by atomic mass is 9.82. The van der Waals surface area contributed by atoms with Crippen molar-refractivity contribution in [3.05, 3.63) is 0 Å². The van der Waals surface area contributed by atoms with Gasteiger partial charge in [-0.15, -0.1) is 0 Å². The van der Waals surface area contributed by atoms with Crippen molar-refractivity contribution in [2.45, 2.75) is 98.3 Å². The third kappa shape index (κ3) is 4.83. The maximum atomic E-state index is 12.5. The van der Waals surface area contributed by atoms with Crippen LogP contribution >= 0.6 is 0 Å². The molecule has 0 aliphatic carbocycles. The standard InChI is InChI=1S/C18H37N3O2/c1-12(2)10-13(16(3,4)5)19-15(22)20-14-11-17(6,7)21(23)18(14,8)9/h12-14,23H,10-11H2,1-9H3,(H2,19,20,22). The summed E-state index contributed by atoms with van der Waals surface area (Å²) in [4.78, 5) is 12.5. The topological polar surface area (TPSA) is 64.6 Å². The van der Waals surface area contributed by atoms with Crippen molar-refractivity contribution in [2.75, 3.05) is 0 Å². The Hall–Kier alpha value is -0.810. The van der Waals surface area contributed by atoms with Gasteiger partial charge in [0.15, 0.2) is 0 Å². The van der Waals surface area contributed by atoms with Crippen molar-refractivity contribution < 1.29 is 10.0 Å². The van der Waals surface area contributed by atoms with E-state index < -0.39 is 5.54 Å². The Morgan fingerprint density at radius 3 is 2.13 bits per heavy atom. The van der Waals surface area contributed by atoms with Gasteiger partial charge < -0.3 is 15.8 Å². The zero-order valence-electron chi connectivity index (χ0n) is 16.4. The number of hydrogen-bond donors (Lipinski definition) is 3. The number of amides is 2. The lowest BCUT2D eigenvalue weighted by Crippen LogP contribution is -2.57. The van der Waals surface area contributed by atoms with Crippen molar-refractivity contribution in [2.24, 2.45) is 11.3 Å². The number of hydroxylamine groups is 2. The fourth-order valence-electron chi connectivity index (χ4n) is 3.45. The van der Waals surface area contributed by atoms with Gasteiger partial charge >= 0.3 is 6.03 Å². The van der Waals surface area contributed by atoms with Crippen LogP contribution in [0.2, 0.25) is 0 Å². The molecule has 1 rings (SSSR count). The molecule has 0 radical (unpaired) electrons. The molecular formula is C18H37N3O2. The van der Waals surface area contributed by atoms with Crippen molar-refractivity contribution in [3.8, 4) is 0 Å². The number of nitrogens with one attached hydrogen (secondary N) is 2. The highest BCUT2D eigenvalue weighted by Gasteiger charge is 2.52. The van der Waals surface area contributed by atoms with Gasteiger partial charge in [-0.1, -0.05) is 34.6 Å². The van der Waals surface area contributed by atoms with Crippen LogP contribution < -0.4 is 10.6 Å². The average Bonchev–Trinajstić information content (AvgIpc) is 2.47. The summed E-state index contributed by atoms with van der Waals surface area (Å²) in [6.45, 7) is 18.7. The molecule has 2 amide bonds. The molecule has 1 saturated heterocycles. The largest absolute Gasteiger partial charge is 0.335 e. The second kappa shape index (κ2) is 6.60. The number of hydrogen-bond acceptors (Lipinski definition) is 3. The van der Waals surface area contributed by atoms with Gasteiger partial charge in [0, 0.05) is 11.6 Å². The average molecular weight is 328 g/mol. The van der Waals surface area contributed by atoms with Crippen LogP contribution in [-0.4, -0.2) is 39.5 Å². The first-order valence-corrected chi connectivity index (χ1v) is 8.74. The predicted molar refractivity (Wildman–Crippen MR) is 94.6 cm³/mol. The number of carbonyl (C=O) groups excluding carboxylic acids is 1. The summed E-state index contributed by atoms with van der Waals surface area (Å²) in [5.74, 6) is 0.523. The number of nitrogens with zero attached hydrogens (tertiary/aromatic N) is 1. The van der Waals surface area contributed by atoms with Crippen molar-refractivity contribution in [3.63, 3.8) is 0 Å². The van der Waals surface area contributed by atoms with Gasteiger partial charge in [0.1, 0.15) is 0 Å². The molecule has 0 spiro atoms. The van der Waals surface area contributed by atoms with Crippen LogP contribution in [0.1, 0.15) is 75.2 Å². The Kier molecular flexibility index (Phi) is 5.80. The number of carbonyl (C=O) groups is 1. The molecule has 0 bridgehead atoms. The Morgan fingerprint density at radius 1 is 1.26 bits per heavy atom. The number of urea groups is 1. The maximum absolute atomic E-state index is 12.5. The normalized spacial score (nSPS) is 25.4. The van der Waals surface area contributed by atoms with Crippen LogP contribution in [0.15, 0.2) is 0 Å². The van der Waals surface area contributed by atoms with E-state index in [0.717, 1.165) is 6.42 Å². The smallest absolute Gasteiger partial charge is 0.315 e. The zero-order valence-corrected chi connectivity index (χ0v) is 16.4. The summed E-state index contributed by atoms with van der Waals surface area (Å²) in [5.41, 5.74) is -0.825. The van der Waals surface area contributed by atoms with E-state index in [0.29, 0.717) is 12.3 Å². The van der Waals surface area contributed by atoms with Gasteiger partial charge in [0.2, 0.25) is 0 Å². The minimum atomic E-state index is -0.490. The van der Waals surface area contributed by atoms with Gasteiger partial charge in [-0.25, -0.2) is 4.79 Å². The van der Waals surface area contributed by atoms with Gasteiger partial charge in [0.25, 0.3) is 0 Å². The maximum Gasteiger partial charge on any atom is 0.315 e. The molecule has 2 unspecified atom stereocenters. The van der Waals surface area contributed by atoms with Gasteiger partial charge in [-0.2, -0.15) is 5.06 Å². The summed E-state index contributed by atoms with van der Waals surface area (Å²) in [6, 6.07) is -0.123. The minimum absolute atomic E-state index is 0.00902. The molecule has 2 atom stereocenters. The molecule has 1 fully saturated rings. The molecule has 3 N–H and O–H groups in total. The Bertz CT molecular complexity index is 424. The van der Waals surface area contributed by atoms with Gasteiger partial charge in [-0.05, 0) is 51.9 Å². The second-order valence-electron chi connectivity index (χ2n) is 9.70. The molecule has 0 aromatic carbocycles. The lowest BCUT2D eigenvalue weighted by molar-refractivity contribution is -0.193. The summed E-state index contributed by atoms with van der Waals surface area (Å²) >= 11 is 0. The van der Waals surface area contributed by atoms with Crippen LogP contribution in [0.3, 0.4) is 0 Å². The third-order valence-electron chi connectivity index (χ3n) is 5.04. The number of rotatable bonds is 4. The molecule has 23 heavy (non-hydrogen) atoms. The summed E-state index contributed by atoms with van der Waals surface area (Å²) in [6.07, 6.45) is 1.66. The summed E-state index contributed by atoms with van der Waals surface area (Å²) in [5, 5.41) is 18.0. The highest BCUT2D eigenvalue weighted by molar-refractivity contribution is 5.75. The van der Waals surface area contributed by atoms with Crippen molar-refractivity contribution in [1.29, 1.82) is 0 Å². The fourth-order valence-corrected chi connectivity index (χ4v) is 3.45. The zero-order chi connectivity index (χ0) is 18.2. The molecule has 1 heterocycles. The lowest BCUT2D eigenvalue weighted by Gasteiger charge is -2.37. The van der Waals surface area contributed by atoms with Crippen LogP contribution in [0.25, 0.3) is 0 Å². The van der Waals surface area contributed by atoms with Crippen molar-refractivity contribution in [1.82, 2.24) is 15.7 Å². The van der Waals surface area contributed by atoms with E-state index >= 15 is 0 Å². The Morgan fingerprint density at radius 2 is 1.78 bits per heavy atom. The van der Waals surface area contributed by atoms with E-state index in [1.54, 1.807) is 0 Å². The van der Waals surface area contributed by atoms with Crippen molar-refractivity contribution >= 4 is 6.03 Å². The van der Waals surface area contributed by atoms with E-state index in [1.165, 1.54) is 5.06 Å². The molecule has 0 aromatic rings. The SMILES string of the molecule is CC(C)CC(NC(=O)NC1CC(C)(C)N(O)C1(C)C)C(C)(C)C. The minimum Gasteiger partial charge on any atom is -0.335 e. The van der Waals surface area contributed by atoms with E-state index in [-0.39, 0.29) is 29.1 Å². The molecule has 136 valence electrons. The monoisotopic (exact) mass is 327 g/mol. The Labute approximate surface area is 142 Å². The first kappa shape index (κ1) is 20.2. The quantitative estimate of drug-likeness (QED) is 0.736. The summed E-state index contributed by atoms with van der Waals surface area (Å²) in [7, 11) is 0. The van der Waals surface area contributed by atoms with Crippen LogP contribution in [0.4, 0.5) is 4.79 Å². The van der Waals surface area contributed by atoms with E-state index in [4.69, 9.17) is 0 Å². The Balaban J connectivity index is 2.76. The predicted octanol–water partition coefficient (Wildman–Crippen LogP) is 3.77. The fraction of sp³-hybridized carbons (Fsp3) is 0.944. The highest BCUT2D eigenvalue weighted by atomic mass is 16.5.